The van der Waals surface area contributed by atoms with Crippen molar-refractivity contribution < 1.29 is 0 Å². The normalized spacial score (nSPS) is 10.4. The van der Waals surface area contributed by atoms with E-state index in [9.17, 15) is 0 Å². The smallest absolute Gasteiger partial charge is 0.0991 e. The molecule has 0 atom stereocenters. The average Bonchev–Trinajstić information content (AvgIpc) is 2.71. The van der Waals surface area contributed by atoms with E-state index in [1.807, 2.05) is 16.8 Å². The van der Waals surface area contributed by atoms with Gasteiger partial charge in [-0.3, -0.25) is 0 Å². The van der Waals surface area contributed by atoms with Crippen molar-refractivity contribution >= 4 is 0 Å². The standard InChI is InChI=1S/C11H13N3/c12-5-4-10-2-1-3-11(8-10)14-7-6-13-9-14/h1-3,6-9H,4-5,12H2. The molecule has 0 bridgehead atoms. The summed E-state index contributed by atoms with van der Waals surface area (Å²) in [6.45, 7) is 0.688. The Morgan fingerprint density at radius 1 is 1.36 bits per heavy atom. The molecule has 3 heteroatoms. The summed E-state index contributed by atoms with van der Waals surface area (Å²) < 4.78 is 1.99. The number of nitrogens with zero attached hydrogens (tertiary/aromatic N) is 2. The second-order valence-corrected chi connectivity index (χ2v) is 3.18. The van der Waals surface area contributed by atoms with Crippen molar-refractivity contribution in [2.24, 2.45) is 5.73 Å². The van der Waals surface area contributed by atoms with Crippen molar-refractivity contribution in [3.8, 4) is 5.69 Å². The quantitative estimate of drug-likeness (QED) is 0.788. The van der Waals surface area contributed by atoms with E-state index in [1.54, 1.807) is 12.5 Å². The van der Waals surface area contributed by atoms with E-state index in [0.29, 0.717) is 6.54 Å². The van der Waals surface area contributed by atoms with Gasteiger partial charge >= 0.3 is 0 Å². The van der Waals surface area contributed by atoms with Gasteiger partial charge in [0.2, 0.25) is 0 Å². The molecule has 0 unspecified atom stereocenters. The molecule has 2 rings (SSSR count). The highest BCUT2D eigenvalue weighted by atomic mass is 15.0. The zero-order chi connectivity index (χ0) is 9.80. The van der Waals surface area contributed by atoms with Crippen LogP contribution >= 0.6 is 0 Å². The highest BCUT2D eigenvalue weighted by Crippen LogP contribution is 2.10. The van der Waals surface area contributed by atoms with Crippen LogP contribution in [0.25, 0.3) is 5.69 Å². The number of nitrogens with two attached hydrogens (primary N) is 1. The van der Waals surface area contributed by atoms with Gasteiger partial charge < -0.3 is 10.3 Å². The van der Waals surface area contributed by atoms with Gasteiger partial charge in [0, 0.05) is 18.1 Å². The Labute approximate surface area is 83.2 Å². The molecule has 0 amide bonds. The van der Waals surface area contributed by atoms with E-state index >= 15 is 0 Å². The van der Waals surface area contributed by atoms with E-state index in [-0.39, 0.29) is 0 Å². The molecule has 0 saturated carbocycles. The van der Waals surface area contributed by atoms with Crippen LogP contribution in [0, 0.1) is 0 Å². The van der Waals surface area contributed by atoms with Crippen LogP contribution in [0.5, 0.6) is 0 Å². The molecule has 2 aromatic rings. The third-order valence-corrected chi connectivity index (χ3v) is 2.15. The Morgan fingerprint density at radius 2 is 2.29 bits per heavy atom. The van der Waals surface area contributed by atoms with Crippen molar-refractivity contribution in [1.82, 2.24) is 9.55 Å². The Balaban J connectivity index is 2.31. The molecule has 3 nitrogen and oxygen atoms in total. The maximum atomic E-state index is 5.51. The van der Waals surface area contributed by atoms with E-state index < -0.39 is 0 Å². The fraction of sp³-hybridized carbons (Fsp3) is 0.182. The zero-order valence-corrected chi connectivity index (χ0v) is 7.93. The maximum Gasteiger partial charge on any atom is 0.0991 e. The van der Waals surface area contributed by atoms with Crippen LogP contribution in [-0.2, 0) is 6.42 Å². The van der Waals surface area contributed by atoms with E-state index in [0.717, 1.165) is 12.1 Å². The first-order chi connectivity index (χ1) is 6.90. The predicted molar refractivity (Wildman–Crippen MR) is 56.3 cm³/mol. The van der Waals surface area contributed by atoms with Gasteiger partial charge in [0.15, 0.2) is 0 Å². The Hall–Kier alpha value is -1.61. The van der Waals surface area contributed by atoms with Crippen LogP contribution < -0.4 is 5.73 Å². The topological polar surface area (TPSA) is 43.8 Å². The first kappa shape index (κ1) is 8.97. The van der Waals surface area contributed by atoms with Crippen LogP contribution in [0.4, 0.5) is 0 Å². The Morgan fingerprint density at radius 3 is 3.00 bits per heavy atom. The molecule has 1 heterocycles. The SMILES string of the molecule is NCCc1cccc(-n2ccnc2)c1. The monoisotopic (exact) mass is 187 g/mol. The summed E-state index contributed by atoms with van der Waals surface area (Å²) in [6.07, 6.45) is 6.42. The molecular formula is C11H13N3. The van der Waals surface area contributed by atoms with Gasteiger partial charge in [-0.05, 0) is 30.7 Å². The molecule has 0 fully saturated rings. The highest BCUT2D eigenvalue weighted by Gasteiger charge is 1.96. The van der Waals surface area contributed by atoms with Crippen molar-refractivity contribution in [3.63, 3.8) is 0 Å². The fourth-order valence-electron chi connectivity index (χ4n) is 1.45. The van der Waals surface area contributed by atoms with Gasteiger partial charge in [-0.15, -0.1) is 0 Å². The van der Waals surface area contributed by atoms with Gasteiger partial charge in [-0.1, -0.05) is 12.1 Å². The van der Waals surface area contributed by atoms with Gasteiger partial charge in [0.05, 0.1) is 6.33 Å². The number of rotatable bonds is 3. The number of hydrogen-bond donors (Lipinski definition) is 1. The second kappa shape index (κ2) is 4.07. The van der Waals surface area contributed by atoms with Crippen molar-refractivity contribution in [3.05, 3.63) is 48.5 Å². The van der Waals surface area contributed by atoms with Crippen molar-refractivity contribution in [2.45, 2.75) is 6.42 Å². The first-order valence-corrected chi connectivity index (χ1v) is 4.67. The summed E-state index contributed by atoms with van der Waals surface area (Å²) in [7, 11) is 0. The predicted octanol–water partition coefficient (Wildman–Crippen LogP) is 1.37. The third-order valence-electron chi connectivity index (χ3n) is 2.15. The summed E-state index contributed by atoms with van der Waals surface area (Å²) in [4.78, 5) is 4.01. The van der Waals surface area contributed by atoms with Crippen molar-refractivity contribution in [1.29, 1.82) is 0 Å². The van der Waals surface area contributed by atoms with Crippen LogP contribution in [0.3, 0.4) is 0 Å². The number of imidazole rings is 1. The molecule has 0 radical (unpaired) electrons. The van der Waals surface area contributed by atoms with Crippen LogP contribution in [0.2, 0.25) is 0 Å². The average molecular weight is 187 g/mol. The Bertz CT molecular complexity index is 393. The summed E-state index contributed by atoms with van der Waals surface area (Å²) in [5.41, 5.74) is 7.91. The number of hydrogen-bond acceptors (Lipinski definition) is 2. The molecule has 2 N–H and O–H groups in total. The lowest BCUT2D eigenvalue weighted by Crippen LogP contribution is -2.03. The van der Waals surface area contributed by atoms with Crippen LogP contribution in [-0.4, -0.2) is 16.1 Å². The minimum absolute atomic E-state index is 0.688. The molecule has 0 aliphatic heterocycles. The Kier molecular flexibility index (Phi) is 2.60. The lowest BCUT2D eigenvalue weighted by molar-refractivity contribution is 0.960. The molecule has 1 aromatic heterocycles. The third kappa shape index (κ3) is 1.83. The highest BCUT2D eigenvalue weighted by molar-refractivity contribution is 5.35. The largest absolute Gasteiger partial charge is 0.330 e. The molecule has 72 valence electrons. The number of aromatic nitrogens is 2. The minimum atomic E-state index is 0.688. The maximum absolute atomic E-state index is 5.51. The van der Waals surface area contributed by atoms with E-state index in [2.05, 4.69) is 23.2 Å². The number of benzene rings is 1. The lowest BCUT2D eigenvalue weighted by Gasteiger charge is -2.04. The van der Waals surface area contributed by atoms with Crippen LogP contribution in [0.1, 0.15) is 5.56 Å². The van der Waals surface area contributed by atoms with E-state index in [4.69, 9.17) is 5.73 Å². The van der Waals surface area contributed by atoms with Gasteiger partial charge in [-0.25, -0.2) is 4.98 Å². The molecule has 0 saturated heterocycles. The summed E-state index contributed by atoms with van der Waals surface area (Å²) in [5.74, 6) is 0. The van der Waals surface area contributed by atoms with E-state index in [1.165, 1.54) is 5.56 Å². The molecule has 0 spiro atoms. The molecule has 1 aromatic carbocycles. The second-order valence-electron chi connectivity index (χ2n) is 3.18. The first-order valence-electron chi connectivity index (χ1n) is 4.67. The minimum Gasteiger partial charge on any atom is -0.330 e. The lowest BCUT2D eigenvalue weighted by atomic mass is 10.1. The van der Waals surface area contributed by atoms with Crippen LogP contribution in [0.15, 0.2) is 43.0 Å². The molecule has 0 aliphatic carbocycles. The summed E-state index contributed by atoms with van der Waals surface area (Å²) >= 11 is 0. The summed E-state index contributed by atoms with van der Waals surface area (Å²) in [6, 6.07) is 8.32. The van der Waals surface area contributed by atoms with Crippen molar-refractivity contribution in [2.75, 3.05) is 6.54 Å². The molecule has 0 aliphatic rings. The van der Waals surface area contributed by atoms with Gasteiger partial charge in [0.1, 0.15) is 0 Å². The fourth-order valence-corrected chi connectivity index (χ4v) is 1.45. The molecular weight excluding hydrogens is 174 g/mol. The summed E-state index contributed by atoms with van der Waals surface area (Å²) in [5, 5.41) is 0. The molecule has 14 heavy (non-hydrogen) atoms. The van der Waals surface area contributed by atoms with Gasteiger partial charge in [0.25, 0.3) is 0 Å². The van der Waals surface area contributed by atoms with Gasteiger partial charge in [-0.2, -0.15) is 0 Å². The zero-order valence-electron chi connectivity index (χ0n) is 7.93.